The van der Waals surface area contributed by atoms with Crippen molar-refractivity contribution in [2.24, 2.45) is 0 Å². The summed E-state index contributed by atoms with van der Waals surface area (Å²) < 4.78 is 20.7. The molecular weight excluding hydrogens is 224 g/mol. The van der Waals surface area contributed by atoms with Gasteiger partial charge >= 0.3 is 5.97 Å². The van der Waals surface area contributed by atoms with Crippen molar-refractivity contribution < 1.29 is 23.7 Å². The minimum Gasteiger partial charge on any atom is -0.466 e. The SMILES string of the molecule is CCOC(=CC(=O)OCC1CCCO1)OCC. The lowest BCUT2D eigenvalue weighted by Gasteiger charge is -2.10. The van der Waals surface area contributed by atoms with Gasteiger partial charge in [-0.3, -0.25) is 0 Å². The smallest absolute Gasteiger partial charge is 0.338 e. The minimum atomic E-state index is -0.461. The van der Waals surface area contributed by atoms with Crippen LogP contribution in [0.3, 0.4) is 0 Å². The van der Waals surface area contributed by atoms with Gasteiger partial charge in [0.15, 0.2) is 0 Å². The predicted octanol–water partition coefficient (Wildman–Crippen LogP) is 1.62. The Morgan fingerprint density at radius 3 is 2.53 bits per heavy atom. The van der Waals surface area contributed by atoms with Crippen LogP contribution in [0.4, 0.5) is 0 Å². The van der Waals surface area contributed by atoms with E-state index in [0.29, 0.717) is 19.8 Å². The third-order valence-corrected chi connectivity index (χ3v) is 2.24. The van der Waals surface area contributed by atoms with Crippen LogP contribution >= 0.6 is 0 Å². The van der Waals surface area contributed by atoms with E-state index in [9.17, 15) is 4.79 Å². The largest absolute Gasteiger partial charge is 0.466 e. The molecule has 0 aromatic heterocycles. The first kappa shape index (κ1) is 13.8. The molecule has 0 N–H and O–H groups in total. The van der Waals surface area contributed by atoms with Crippen molar-refractivity contribution in [1.82, 2.24) is 0 Å². The number of esters is 1. The Kier molecular flexibility index (Phi) is 6.47. The summed E-state index contributed by atoms with van der Waals surface area (Å²) in [6.07, 6.45) is 3.24. The van der Waals surface area contributed by atoms with Crippen LogP contribution in [0.5, 0.6) is 0 Å². The standard InChI is InChI=1S/C12H20O5/c1-3-14-12(15-4-2)8-11(13)17-9-10-6-5-7-16-10/h8,10H,3-7,9H2,1-2H3. The molecule has 1 rings (SSSR count). The zero-order chi connectivity index (χ0) is 12.5. The highest BCUT2D eigenvalue weighted by molar-refractivity contribution is 5.82. The lowest BCUT2D eigenvalue weighted by Crippen LogP contribution is -2.17. The number of carbonyl (C=O) groups is 1. The minimum absolute atomic E-state index is 0.0370. The number of rotatable bonds is 7. The number of hydrogen-bond donors (Lipinski definition) is 0. The fourth-order valence-corrected chi connectivity index (χ4v) is 1.50. The molecule has 0 bridgehead atoms. The Labute approximate surface area is 102 Å². The zero-order valence-electron chi connectivity index (χ0n) is 10.4. The Balaban J connectivity index is 2.30. The van der Waals surface area contributed by atoms with Gasteiger partial charge in [0.25, 0.3) is 5.95 Å². The zero-order valence-corrected chi connectivity index (χ0v) is 10.4. The van der Waals surface area contributed by atoms with Crippen LogP contribution in [0.25, 0.3) is 0 Å². The van der Waals surface area contributed by atoms with E-state index in [1.807, 2.05) is 13.8 Å². The second kappa shape index (κ2) is 7.95. The van der Waals surface area contributed by atoms with E-state index in [1.54, 1.807) is 0 Å². The summed E-state index contributed by atoms with van der Waals surface area (Å²) in [4.78, 5) is 11.4. The van der Waals surface area contributed by atoms with Crippen LogP contribution in [0.2, 0.25) is 0 Å². The third kappa shape index (κ3) is 5.58. The fourth-order valence-electron chi connectivity index (χ4n) is 1.50. The van der Waals surface area contributed by atoms with Crippen molar-refractivity contribution in [2.45, 2.75) is 32.8 Å². The monoisotopic (exact) mass is 244 g/mol. The summed E-state index contributed by atoms with van der Waals surface area (Å²) in [6, 6.07) is 0. The van der Waals surface area contributed by atoms with Crippen LogP contribution in [0, 0.1) is 0 Å². The van der Waals surface area contributed by atoms with Gasteiger partial charge in [0, 0.05) is 6.61 Å². The second-order valence-corrected chi connectivity index (χ2v) is 3.59. The predicted molar refractivity (Wildman–Crippen MR) is 61.3 cm³/mol. The van der Waals surface area contributed by atoms with Gasteiger partial charge in [0.1, 0.15) is 12.7 Å². The Bertz CT molecular complexity index is 248. The molecule has 0 aliphatic carbocycles. The van der Waals surface area contributed by atoms with Crippen LogP contribution in [-0.2, 0) is 23.7 Å². The van der Waals surface area contributed by atoms with Gasteiger partial charge in [-0.1, -0.05) is 0 Å². The molecule has 98 valence electrons. The molecule has 1 unspecified atom stereocenters. The van der Waals surface area contributed by atoms with Crippen molar-refractivity contribution in [2.75, 3.05) is 26.4 Å². The topological polar surface area (TPSA) is 54.0 Å². The van der Waals surface area contributed by atoms with Crippen LogP contribution in [0.15, 0.2) is 12.0 Å². The number of ether oxygens (including phenoxy) is 4. The molecule has 0 saturated carbocycles. The lowest BCUT2D eigenvalue weighted by molar-refractivity contribution is -0.141. The maximum Gasteiger partial charge on any atom is 0.338 e. The molecule has 0 aromatic carbocycles. The molecule has 1 aliphatic heterocycles. The van der Waals surface area contributed by atoms with Gasteiger partial charge in [0.05, 0.1) is 19.3 Å². The van der Waals surface area contributed by atoms with Gasteiger partial charge in [-0.25, -0.2) is 4.79 Å². The summed E-state index contributed by atoms with van der Waals surface area (Å²) in [7, 11) is 0. The first-order chi connectivity index (χ1) is 8.26. The molecule has 17 heavy (non-hydrogen) atoms. The van der Waals surface area contributed by atoms with E-state index in [4.69, 9.17) is 18.9 Å². The molecule has 5 heteroatoms. The highest BCUT2D eigenvalue weighted by Gasteiger charge is 2.17. The molecule has 0 radical (unpaired) electrons. The highest BCUT2D eigenvalue weighted by atomic mass is 16.7. The van der Waals surface area contributed by atoms with Crippen LogP contribution < -0.4 is 0 Å². The summed E-state index contributed by atoms with van der Waals surface area (Å²) in [5.41, 5.74) is 0. The molecule has 0 aromatic rings. The maximum atomic E-state index is 11.4. The average molecular weight is 244 g/mol. The first-order valence-corrected chi connectivity index (χ1v) is 6.01. The van der Waals surface area contributed by atoms with E-state index in [-0.39, 0.29) is 12.0 Å². The van der Waals surface area contributed by atoms with Crippen molar-refractivity contribution in [3.63, 3.8) is 0 Å². The lowest BCUT2D eigenvalue weighted by atomic mass is 10.2. The fraction of sp³-hybridized carbons (Fsp3) is 0.750. The summed E-state index contributed by atoms with van der Waals surface area (Å²) >= 11 is 0. The molecule has 5 nitrogen and oxygen atoms in total. The Hall–Kier alpha value is -1.23. The molecular formula is C12H20O5. The van der Waals surface area contributed by atoms with E-state index in [2.05, 4.69) is 0 Å². The number of hydrogen-bond acceptors (Lipinski definition) is 5. The first-order valence-electron chi connectivity index (χ1n) is 6.01. The second-order valence-electron chi connectivity index (χ2n) is 3.59. The van der Waals surface area contributed by atoms with Crippen LogP contribution in [-0.4, -0.2) is 38.5 Å². The molecule has 1 atom stereocenters. The summed E-state index contributed by atoms with van der Waals surface area (Å²) in [6.45, 7) is 5.59. The van der Waals surface area contributed by atoms with Crippen molar-refractivity contribution in [3.8, 4) is 0 Å². The quantitative estimate of drug-likeness (QED) is 0.387. The third-order valence-electron chi connectivity index (χ3n) is 2.24. The van der Waals surface area contributed by atoms with Gasteiger partial charge in [0.2, 0.25) is 0 Å². The summed E-state index contributed by atoms with van der Waals surface area (Å²) in [5.74, 6) is -0.259. The normalized spacial score (nSPS) is 18.6. The van der Waals surface area contributed by atoms with Gasteiger partial charge < -0.3 is 18.9 Å². The average Bonchev–Trinajstić information content (AvgIpc) is 2.80. The Morgan fingerprint density at radius 2 is 2.00 bits per heavy atom. The Morgan fingerprint density at radius 1 is 1.29 bits per heavy atom. The van der Waals surface area contributed by atoms with Gasteiger partial charge in [-0.15, -0.1) is 0 Å². The molecule has 1 fully saturated rings. The molecule has 1 heterocycles. The van der Waals surface area contributed by atoms with Crippen molar-refractivity contribution >= 4 is 5.97 Å². The molecule has 1 saturated heterocycles. The molecule has 1 aliphatic rings. The van der Waals surface area contributed by atoms with E-state index >= 15 is 0 Å². The highest BCUT2D eigenvalue weighted by Crippen LogP contribution is 2.12. The van der Waals surface area contributed by atoms with E-state index in [0.717, 1.165) is 19.4 Å². The van der Waals surface area contributed by atoms with Crippen LogP contribution in [0.1, 0.15) is 26.7 Å². The van der Waals surface area contributed by atoms with Crippen molar-refractivity contribution in [3.05, 3.63) is 12.0 Å². The van der Waals surface area contributed by atoms with E-state index in [1.165, 1.54) is 6.08 Å². The molecule has 0 spiro atoms. The molecule has 0 amide bonds. The van der Waals surface area contributed by atoms with Gasteiger partial charge in [-0.05, 0) is 26.7 Å². The van der Waals surface area contributed by atoms with Crippen molar-refractivity contribution in [1.29, 1.82) is 0 Å². The maximum absolute atomic E-state index is 11.4. The van der Waals surface area contributed by atoms with Gasteiger partial charge in [-0.2, -0.15) is 0 Å². The summed E-state index contributed by atoms with van der Waals surface area (Å²) in [5, 5.41) is 0. The van der Waals surface area contributed by atoms with E-state index < -0.39 is 5.97 Å². The number of carbonyl (C=O) groups excluding carboxylic acids is 1.